The lowest BCUT2D eigenvalue weighted by atomic mass is 10.1. The average Bonchev–Trinajstić information content (AvgIpc) is 3.46. The topological polar surface area (TPSA) is 85.0 Å². The molecule has 2 N–H and O–H groups in total. The molecule has 1 saturated carbocycles. The van der Waals surface area contributed by atoms with Crippen molar-refractivity contribution < 1.29 is 0 Å². The fourth-order valence-electron chi connectivity index (χ4n) is 4.07. The molecule has 1 aliphatic carbocycles. The summed E-state index contributed by atoms with van der Waals surface area (Å²) in [6.45, 7) is 1.53. The largest absolute Gasteiger partial charge is 0.363 e. The second-order valence-electron chi connectivity index (χ2n) is 8.78. The average molecular weight is 451 g/mol. The van der Waals surface area contributed by atoms with Crippen LogP contribution >= 0.6 is 0 Å². The van der Waals surface area contributed by atoms with Crippen molar-refractivity contribution in [1.82, 2.24) is 34.4 Å². The lowest BCUT2D eigenvalue weighted by Crippen LogP contribution is -2.15. The minimum absolute atomic E-state index is 0.612. The smallest absolute Gasteiger partial charge is 0.180 e. The van der Waals surface area contributed by atoms with Crippen molar-refractivity contribution in [3.8, 4) is 22.5 Å². The van der Waals surface area contributed by atoms with Crippen molar-refractivity contribution in [2.75, 3.05) is 5.32 Å². The number of imidazole rings is 1. The summed E-state index contributed by atoms with van der Waals surface area (Å²) in [6.07, 6.45) is 14.0. The molecule has 0 unspecified atom stereocenters. The zero-order chi connectivity index (χ0) is 22.9. The highest BCUT2D eigenvalue weighted by atomic mass is 15.2. The fourth-order valence-corrected chi connectivity index (χ4v) is 4.07. The van der Waals surface area contributed by atoms with Crippen LogP contribution in [0.5, 0.6) is 0 Å². The Kier molecular flexibility index (Phi) is 5.27. The summed E-state index contributed by atoms with van der Waals surface area (Å²) in [7, 11) is 1.91. The number of aryl methyl sites for hydroxylation is 1. The number of hydrogen-bond acceptors (Lipinski definition) is 6. The lowest BCUT2D eigenvalue weighted by Gasteiger charge is -2.11. The summed E-state index contributed by atoms with van der Waals surface area (Å²) >= 11 is 0. The normalized spacial score (nSPS) is 13.4. The highest BCUT2D eigenvalue weighted by molar-refractivity contribution is 5.74. The van der Waals surface area contributed by atoms with Gasteiger partial charge in [-0.05, 0) is 30.5 Å². The SMILES string of the molecule is Cn1cc(CNc2nc(-c3ccncc3)cn3c(-c4ccc(CNC5CC5)cc4)cnc23)cn1. The molecule has 8 heteroatoms. The van der Waals surface area contributed by atoms with Gasteiger partial charge in [0.05, 0.1) is 23.8 Å². The molecule has 34 heavy (non-hydrogen) atoms. The van der Waals surface area contributed by atoms with Gasteiger partial charge in [0.2, 0.25) is 0 Å². The number of nitrogens with one attached hydrogen (secondary N) is 2. The maximum Gasteiger partial charge on any atom is 0.180 e. The Morgan fingerprint density at radius 3 is 2.47 bits per heavy atom. The van der Waals surface area contributed by atoms with Crippen molar-refractivity contribution in [1.29, 1.82) is 0 Å². The van der Waals surface area contributed by atoms with Crippen LogP contribution in [-0.2, 0) is 20.1 Å². The van der Waals surface area contributed by atoms with Gasteiger partial charge < -0.3 is 10.6 Å². The zero-order valence-corrected chi connectivity index (χ0v) is 19.0. The first-order chi connectivity index (χ1) is 16.7. The molecule has 1 fully saturated rings. The molecule has 1 aromatic carbocycles. The molecule has 0 atom stereocenters. The van der Waals surface area contributed by atoms with E-state index >= 15 is 0 Å². The third-order valence-corrected chi connectivity index (χ3v) is 6.11. The van der Waals surface area contributed by atoms with E-state index in [0.717, 1.165) is 46.1 Å². The van der Waals surface area contributed by atoms with Crippen LogP contribution in [0.4, 0.5) is 5.82 Å². The number of pyridine rings is 1. The molecule has 0 radical (unpaired) electrons. The van der Waals surface area contributed by atoms with Crippen LogP contribution in [0.25, 0.3) is 28.2 Å². The van der Waals surface area contributed by atoms with Crippen LogP contribution in [0.1, 0.15) is 24.0 Å². The van der Waals surface area contributed by atoms with E-state index in [1.165, 1.54) is 18.4 Å². The molecule has 6 rings (SSSR count). The predicted octanol–water partition coefficient (Wildman–Crippen LogP) is 4.06. The van der Waals surface area contributed by atoms with Gasteiger partial charge >= 0.3 is 0 Å². The molecule has 1 aliphatic rings. The molecule has 4 aromatic heterocycles. The monoisotopic (exact) mass is 450 g/mol. The van der Waals surface area contributed by atoms with E-state index in [1.54, 1.807) is 17.1 Å². The molecule has 5 aromatic rings. The molecule has 0 spiro atoms. The van der Waals surface area contributed by atoms with Gasteiger partial charge in [0.25, 0.3) is 0 Å². The standard InChI is InChI=1S/C26H26N8/c1-33-16-19(14-31-33)13-29-25-26-30-15-24(21-4-2-18(3-5-21)12-28-22-6-7-22)34(26)17-23(32-25)20-8-10-27-11-9-20/h2-5,8-11,14-17,22,28H,6-7,12-13H2,1H3,(H,29,32). The van der Waals surface area contributed by atoms with Crippen molar-refractivity contribution >= 4 is 11.5 Å². The molecule has 0 bridgehead atoms. The summed E-state index contributed by atoms with van der Waals surface area (Å²) < 4.78 is 3.91. The van der Waals surface area contributed by atoms with Crippen LogP contribution < -0.4 is 10.6 Å². The fraction of sp³-hybridized carbons (Fsp3) is 0.231. The maximum absolute atomic E-state index is 4.90. The number of fused-ring (bicyclic) bond motifs is 1. The highest BCUT2D eigenvalue weighted by Gasteiger charge is 2.20. The molecular weight excluding hydrogens is 424 g/mol. The second-order valence-corrected chi connectivity index (χ2v) is 8.78. The molecule has 0 saturated heterocycles. The summed E-state index contributed by atoms with van der Waals surface area (Å²) in [5.41, 5.74) is 7.17. The minimum atomic E-state index is 0.612. The summed E-state index contributed by atoms with van der Waals surface area (Å²) in [5.74, 6) is 0.731. The van der Waals surface area contributed by atoms with E-state index in [-0.39, 0.29) is 0 Å². The van der Waals surface area contributed by atoms with Crippen LogP contribution in [0.2, 0.25) is 0 Å². The highest BCUT2D eigenvalue weighted by Crippen LogP contribution is 2.28. The Balaban J connectivity index is 1.37. The van der Waals surface area contributed by atoms with Crippen molar-refractivity contribution in [3.63, 3.8) is 0 Å². The van der Waals surface area contributed by atoms with E-state index in [1.807, 2.05) is 44.0 Å². The first kappa shape index (κ1) is 20.6. The molecule has 8 nitrogen and oxygen atoms in total. The second kappa shape index (κ2) is 8.72. The van der Waals surface area contributed by atoms with Gasteiger partial charge in [-0.1, -0.05) is 24.3 Å². The van der Waals surface area contributed by atoms with Gasteiger partial charge in [-0.2, -0.15) is 5.10 Å². The summed E-state index contributed by atoms with van der Waals surface area (Å²) in [5, 5.41) is 11.3. The number of anilines is 1. The molecule has 170 valence electrons. The van der Waals surface area contributed by atoms with E-state index in [9.17, 15) is 0 Å². The van der Waals surface area contributed by atoms with Gasteiger partial charge in [-0.25, -0.2) is 9.97 Å². The third-order valence-electron chi connectivity index (χ3n) is 6.11. The number of hydrogen-bond donors (Lipinski definition) is 2. The third kappa shape index (κ3) is 4.27. The predicted molar refractivity (Wildman–Crippen MR) is 132 cm³/mol. The van der Waals surface area contributed by atoms with Crippen molar-refractivity contribution in [2.45, 2.75) is 32.0 Å². The number of benzene rings is 1. The van der Waals surface area contributed by atoms with Crippen LogP contribution in [0, 0.1) is 0 Å². The van der Waals surface area contributed by atoms with Gasteiger partial charge in [0, 0.05) is 67.7 Å². The van der Waals surface area contributed by atoms with E-state index < -0.39 is 0 Å². The Morgan fingerprint density at radius 2 is 1.74 bits per heavy atom. The maximum atomic E-state index is 4.90. The first-order valence-electron chi connectivity index (χ1n) is 11.6. The van der Waals surface area contributed by atoms with Crippen molar-refractivity contribution in [3.05, 3.63) is 84.7 Å². The van der Waals surface area contributed by atoms with Gasteiger partial charge in [-0.15, -0.1) is 0 Å². The number of aromatic nitrogens is 6. The Labute approximate surface area is 197 Å². The van der Waals surface area contributed by atoms with Gasteiger partial charge in [-0.3, -0.25) is 14.1 Å². The summed E-state index contributed by atoms with van der Waals surface area (Å²) in [6, 6.07) is 13.4. The van der Waals surface area contributed by atoms with E-state index in [0.29, 0.717) is 12.6 Å². The Morgan fingerprint density at radius 1 is 0.912 bits per heavy atom. The molecule has 4 heterocycles. The number of rotatable bonds is 8. The van der Waals surface area contributed by atoms with Crippen LogP contribution in [0.3, 0.4) is 0 Å². The number of nitrogens with zero attached hydrogens (tertiary/aromatic N) is 6. The van der Waals surface area contributed by atoms with Gasteiger partial charge in [0.15, 0.2) is 11.5 Å². The minimum Gasteiger partial charge on any atom is -0.363 e. The lowest BCUT2D eigenvalue weighted by molar-refractivity contribution is 0.688. The first-order valence-corrected chi connectivity index (χ1v) is 11.6. The van der Waals surface area contributed by atoms with Crippen LogP contribution in [0.15, 0.2) is 73.6 Å². The molecule has 0 amide bonds. The quantitative estimate of drug-likeness (QED) is 0.371. The van der Waals surface area contributed by atoms with Gasteiger partial charge in [0.1, 0.15) is 0 Å². The summed E-state index contributed by atoms with van der Waals surface area (Å²) in [4.78, 5) is 13.8. The van der Waals surface area contributed by atoms with Crippen LogP contribution in [-0.4, -0.2) is 35.2 Å². The Bertz CT molecular complexity index is 1410. The molecule has 0 aliphatic heterocycles. The molecular formula is C26H26N8. The zero-order valence-electron chi connectivity index (χ0n) is 19.0. The van der Waals surface area contributed by atoms with Crippen molar-refractivity contribution in [2.24, 2.45) is 7.05 Å². The van der Waals surface area contributed by atoms with E-state index in [2.05, 4.69) is 49.4 Å². The van der Waals surface area contributed by atoms with E-state index in [4.69, 9.17) is 9.97 Å². The Hall–Kier alpha value is -4.04.